The molecule has 1 aliphatic rings. The van der Waals surface area contributed by atoms with Crippen LogP contribution in [0.1, 0.15) is 30.3 Å². The Bertz CT molecular complexity index is 964. The molecule has 0 aliphatic heterocycles. The maximum Gasteiger partial charge on any atom is 0.228 e. The smallest absolute Gasteiger partial charge is 0.228 e. The first-order valence-electron chi connectivity index (χ1n) is 9.28. The van der Waals surface area contributed by atoms with Crippen molar-refractivity contribution in [3.8, 4) is 5.75 Å². The van der Waals surface area contributed by atoms with E-state index in [-0.39, 0.29) is 36.1 Å². The van der Waals surface area contributed by atoms with Crippen LogP contribution in [0, 0.1) is 11.7 Å². The number of hydrogen-bond acceptors (Lipinski definition) is 4. The monoisotopic (exact) mass is 383 g/mol. The van der Waals surface area contributed by atoms with Gasteiger partial charge in [0.1, 0.15) is 5.82 Å². The molecular formula is C21H22FN3O3. The van der Waals surface area contributed by atoms with Crippen LogP contribution in [0.4, 0.5) is 4.39 Å². The largest absolute Gasteiger partial charge is 0.494 e. The topological polar surface area (TPSA) is 87.2 Å². The Morgan fingerprint density at radius 2 is 2.14 bits per heavy atom. The van der Waals surface area contributed by atoms with Crippen LogP contribution in [-0.2, 0) is 11.2 Å². The van der Waals surface area contributed by atoms with Crippen LogP contribution >= 0.6 is 0 Å². The van der Waals surface area contributed by atoms with E-state index in [1.807, 2.05) is 24.3 Å². The molecule has 4 rings (SSSR count). The predicted molar refractivity (Wildman–Crippen MR) is 102 cm³/mol. The molecule has 1 fully saturated rings. The van der Waals surface area contributed by atoms with Crippen molar-refractivity contribution >= 4 is 16.9 Å². The minimum absolute atomic E-state index is 0.0578. The normalized spacial score (nSPS) is 19.8. The Morgan fingerprint density at radius 3 is 2.82 bits per heavy atom. The fraction of sp³-hybridized carbons (Fsp3) is 0.333. The van der Waals surface area contributed by atoms with Gasteiger partial charge in [0.15, 0.2) is 11.6 Å². The molecule has 0 unspecified atom stereocenters. The van der Waals surface area contributed by atoms with Gasteiger partial charge in [-0.05, 0) is 48.6 Å². The van der Waals surface area contributed by atoms with E-state index in [2.05, 4.69) is 15.3 Å². The van der Waals surface area contributed by atoms with Crippen molar-refractivity contribution < 1.29 is 19.0 Å². The van der Waals surface area contributed by atoms with Crippen molar-refractivity contribution in [3.05, 3.63) is 59.7 Å². The lowest BCUT2D eigenvalue weighted by atomic mass is 9.75. The number of nitrogens with one attached hydrogen (secondary N) is 2. The zero-order chi connectivity index (χ0) is 19.7. The van der Waals surface area contributed by atoms with Gasteiger partial charge in [0.25, 0.3) is 0 Å². The molecule has 1 saturated carbocycles. The molecule has 28 heavy (non-hydrogen) atoms. The fourth-order valence-electron chi connectivity index (χ4n) is 3.72. The SMILES string of the molecule is COc1ccc([C@@H](NC(=O)Cc2nc3ccccc3[nH]2)C2CC(O)C2)cc1F. The number of H-pyrrole nitrogens is 1. The number of carbonyl (C=O) groups is 1. The summed E-state index contributed by atoms with van der Waals surface area (Å²) in [6.45, 7) is 0. The summed E-state index contributed by atoms with van der Waals surface area (Å²) in [5, 5.41) is 12.7. The highest BCUT2D eigenvalue weighted by molar-refractivity contribution is 5.80. The minimum atomic E-state index is -0.476. The van der Waals surface area contributed by atoms with Crippen molar-refractivity contribution in [2.45, 2.75) is 31.4 Å². The summed E-state index contributed by atoms with van der Waals surface area (Å²) in [6.07, 6.45) is 0.869. The minimum Gasteiger partial charge on any atom is -0.494 e. The number of ether oxygens (including phenoxy) is 1. The van der Waals surface area contributed by atoms with E-state index in [1.54, 1.807) is 12.1 Å². The van der Waals surface area contributed by atoms with Crippen LogP contribution in [0.2, 0.25) is 0 Å². The molecule has 2 aromatic carbocycles. The van der Waals surface area contributed by atoms with Gasteiger partial charge < -0.3 is 20.1 Å². The number of aromatic nitrogens is 2. The summed E-state index contributed by atoms with van der Waals surface area (Å²) in [4.78, 5) is 20.2. The summed E-state index contributed by atoms with van der Waals surface area (Å²) in [5.74, 6) is 0.109. The number of imidazole rings is 1. The van der Waals surface area contributed by atoms with Gasteiger partial charge in [-0.15, -0.1) is 0 Å². The van der Waals surface area contributed by atoms with Crippen molar-refractivity contribution in [1.29, 1.82) is 0 Å². The van der Waals surface area contributed by atoms with E-state index in [0.29, 0.717) is 24.2 Å². The lowest BCUT2D eigenvalue weighted by Gasteiger charge is -2.38. The quantitative estimate of drug-likeness (QED) is 0.611. The average molecular weight is 383 g/mol. The molecule has 1 aromatic heterocycles. The summed E-state index contributed by atoms with van der Waals surface area (Å²) in [5.41, 5.74) is 2.34. The lowest BCUT2D eigenvalue weighted by Crippen LogP contribution is -2.42. The van der Waals surface area contributed by atoms with Crippen LogP contribution in [0.3, 0.4) is 0 Å². The van der Waals surface area contributed by atoms with Crippen LogP contribution < -0.4 is 10.1 Å². The number of halogens is 1. The van der Waals surface area contributed by atoms with Crippen LogP contribution in [0.15, 0.2) is 42.5 Å². The van der Waals surface area contributed by atoms with Crippen molar-refractivity contribution in [2.75, 3.05) is 7.11 Å². The molecule has 0 saturated heterocycles. The van der Waals surface area contributed by atoms with E-state index in [1.165, 1.54) is 13.2 Å². The Balaban J connectivity index is 1.51. The van der Waals surface area contributed by atoms with Gasteiger partial charge in [0.05, 0.1) is 36.7 Å². The van der Waals surface area contributed by atoms with Gasteiger partial charge in [-0.25, -0.2) is 9.37 Å². The summed E-state index contributed by atoms with van der Waals surface area (Å²) >= 11 is 0. The number of carbonyl (C=O) groups excluding carboxylic acids is 1. The maximum atomic E-state index is 14.2. The lowest BCUT2D eigenvalue weighted by molar-refractivity contribution is -0.122. The number of para-hydroxylation sites is 2. The second-order valence-corrected chi connectivity index (χ2v) is 7.20. The van der Waals surface area contributed by atoms with Crippen LogP contribution in [-0.4, -0.2) is 34.2 Å². The van der Waals surface area contributed by atoms with Gasteiger partial charge in [-0.2, -0.15) is 0 Å². The Hall–Kier alpha value is -2.93. The van der Waals surface area contributed by atoms with E-state index < -0.39 is 5.82 Å². The second-order valence-electron chi connectivity index (χ2n) is 7.20. The van der Waals surface area contributed by atoms with Crippen molar-refractivity contribution in [3.63, 3.8) is 0 Å². The highest BCUT2D eigenvalue weighted by atomic mass is 19.1. The summed E-state index contributed by atoms with van der Waals surface area (Å²) in [7, 11) is 1.41. The van der Waals surface area contributed by atoms with E-state index >= 15 is 0 Å². The average Bonchev–Trinajstić information content (AvgIpc) is 3.06. The first-order valence-corrected chi connectivity index (χ1v) is 9.28. The van der Waals surface area contributed by atoms with Crippen LogP contribution in [0.5, 0.6) is 5.75 Å². The fourth-order valence-corrected chi connectivity index (χ4v) is 3.72. The third kappa shape index (κ3) is 3.71. The third-order valence-corrected chi connectivity index (χ3v) is 5.24. The molecule has 0 radical (unpaired) electrons. The molecule has 7 heteroatoms. The molecule has 1 aliphatic carbocycles. The number of nitrogens with zero attached hydrogens (tertiary/aromatic N) is 1. The molecule has 3 N–H and O–H groups in total. The van der Waals surface area contributed by atoms with Gasteiger partial charge in [0, 0.05) is 0 Å². The number of aliphatic hydroxyl groups excluding tert-OH is 1. The Kier molecular flexibility index (Phi) is 5.00. The number of amides is 1. The van der Waals surface area contributed by atoms with Crippen molar-refractivity contribution in [2.24, 2.45) is 5.92 Å². The summed E-state index contributed by atoms with van der Waals surface area (Å²) < 4.78 is 19.1. The first kappa shape index (κ1) is 18.4. The second kappa shape index (κ2) is 7.59. The molecule has 0 spiro atoms. The molecule has 1 heterocycles. The Morgan fingerprint density at radius 1 is 1.36 bits per heavy atom. The highest BCUT2D eigenvalue weighted by Crippen LogP contribution is 2.39. The third-order valence-electron chi connectivity index (χ3n) is 5.24. The zero-order valence-electron chi connectivity index (χ0n) is 15.5. The number of hydrogen-bond donors (Lipinski definition) is 3. The van der Waals surface area contributed by atoms with E-state index in [4.69, 9.17) is 4.74 Å². The molecule has 1 amide bonds. The summed E-state index contributed by atoms with van der Waals surface area (Å²) in [6, 6.07) is 11.9. The molecule has 0 bridgehead atoms. The van der Waals surface area contributed by atoms with Gasteiger partial charge in [0.2, 0.25) is 5.91 Å². The number of fused-ring (bicyclic) bond motifs is 1. The Labute approximate surface area is 161 Å². The number of aromatic amines is 1. The number of rotatable bonds is 6. The molecule has 6 nitrogen and oxygen atoms in total. The maximum absolute atomic E-state index is 14.2. The standard InChI is InChI=1S/C21H22FN3O3/c1-28-18-7-6-12(10-15(18)22)21(13-8-14(26)9-13)25-20(27)11-19-23-16-4-2-3-5-17(16)24-19/h2-7,10,13-14,21,26H,8-9,11H2,1H3,(H,23,24)(H,25,27)/t13?,14?,21-/m1/s1. The molecule has 3 aromatic rings. The van der Waals surface area contributed by atoms with E-state index in [9.17, 15) is 14.3 Å². The molecule has 1 atom stereocenters. The predicted octanol–water partition coefficient (Wildman–Crippen LogP) is 2.88. The first-order chi connectivity index (χ1) is 13.5. The number of aliphatic hydroxyl groups is 1. The number of methoxy groups -OCH3 is 1. The van der Waals surface area contributed by atoms with Crippen LogP contribution in [0.25, 0.3) is 11.0 Å². The van der Waals surface area contributed by atoms with E-state index in [0.717, 1.165) is 11.0 Å². The highest BCUT2D eigenvalue weighted by Gasteiger charge is 2.36. The molecule has 146 valence electrons. The number of benzene rings is 2. The van der Waals surface area contributed by atoms with Gasteiger partial charge in [-0.3, -0.25) is 4.79 Å². The zero-order valence-corrected chi connectivity index (χ0v) is 15.5. The van der Waals surface area contributed by atoms with Crippen molar-refractivity contribution in [1.82, 2.24) is 15.3 Å². The van der Waals surface area contributed by atoms with Gasteiger partial charge in [-0.1, -0.05) is 18.2 Å². The van der Waals surface area contributed by atoms with Gasteiger partial charge >= 0.3 is 0 Å². The molecular weight excluding hydrogens is 361 g/mol.